The van der Waals surface area contributed by atoms with Crippen molar-refractivity contribution in [3.63, 3.8) is 0 Å². The van der Waals surface area contributed by atoms with Gasteiger partial charge in [0.05, 0.1) is 6.61 Å². The third-order valence-corrected chi connectivity index (χ3v) is 4.77. The van der Waals surface area contributed by atoms with Crippen molar-refractivity contribution < 1.29 is 27.7 Å². The summed E-state index contributed by atoms with van der Waals surface area (Å²) in [5.74, 6) is -0.198. The second kappa shape index (κ2) is 9.34. The maximum atomic E-state index is 12.5. The van der Waals surface area contributed by atoms with Crippen molar-refractivity contribution in [3.05, 3.63) is 60.2 Å². The quantitative estimate of drug-likeness (QED) is 0.377. The maximum absolute atomic E-state index is 12.5. The fourth-order valence-corrected chi connectivity index (χ4v) is 2.97. The van der Waals surface area contributed by atoms with E-state index in [4.69, 9.17) is 18.3 Å². The Kier molecular flexibility index (Phi) is 7.16. The average Bonchev–Trinajstić information content (AvgIpc) is 2.68. The zero-order valence-corrected chi connectivity index (χ0v) is 15.8. The summed E-state index contributed by atoms with van der Waals surface area (Å²) in [4.78, 5) is 11.6. The van der Waals surface area contributed by atoms with Gasteiger partial charge in [0.15, 0.2) is 0 Å². The van der Waals surface area contributed by atoms with E-state index < -0.39 is 13.8 Å². The molecule has 0 aliphatic heterocycles. The van der Waals surface area contributed by atoms with E-state index in [-0.39, 0.29) is 12.4 Å². The number of benzene rings is 2. The average molecular weight is 376 g/mol. The van der Waals surface area contributed by atoms with Crippen molar-refractivity contribution in [2.24, 2.45) is 0 Å². The molecule has 26 heavy (non-hydrogen) atoms. The standard InChI is InChI=1S/C19H21O6P/c1-4-24-18(20)14-13-16-11-8-12-17(15-9-6-5-7-10-15)19(16)25-26(21,22-2)23-3/h5-14H,4H2,1-3H3/b14-13+. The van der Waals surface area contributed by atoms with Gasteiger partial charge in [0, 0.05) is 31.4 Å². The number of phosphoric ester groups is 1. The molecule has 0 aliphatic carbocycles. The number of rotatable bonds is 8. The van der Waals surface area contributed by atoms with Crippen LogP contribution in [0, 0.1) is 0 Å². The monoisotopic (exact) mass is 376 g/mol. The van der Waals surface area contributed by atoms with Crippen LogP contribution in [0.1, 0.15) is 12.5 Å². The van der Waals surface area contributed by atoms with Crippen LogP contribution in [-0.2, 0) is 23.1 Å². The number of carbonyl (C=O) groups excluding carboxylic acids is 1. The predicted molar refractivity (Wildman–Crippen MR) is 99.8 cm³/mol. The first-order chi connectivity index (χ1) is 12.5. The van der Waals surface area contributed by atoms with E-state index in [2.05, 4.69) is 0 Å². The van der Waals surface area contributed by atoms with Gasteiger partial charge in [-0.2, -0.15) is 0 Å². The van der Waals surface area contributed by atoms with Crippen molar-refractivity contribution in [2.75, 3.05) is 20.8 Å². The molecule has 0 heterocycles. The van der Waals surface area contributed by atoms with Gasteiger partial charge in [-0.3, -0.25) is 9.05 Å². The molecule has 7 heteroatoms. The van der Waals surface area contributed by atoms with Crippen LogP contribution in [0.25, 0.3) is 17.2 Å². The smallest absolute Gasteiger partial charge is 0.463 e. The molecule has 2 aromatic carbocycles. The summed E-state index contributed by atoms with van der Waals surface area (Å²) in [6.45, 7) is 2.00. The number of para-hydroxylation sites is 1. The molecule has 0 spiro atoms. The summed E-state index contributed by atoms with van der Waals surface area (Å²) in [5, 5.41) is 0. The second-order valence-corrected chi connectivity index (χ2v) is 6.89. The summed E-state index contributed by atoms with van der Waals surface area (Å²) in [5.41, 5.74) is 2.08. The number of hydrogen-bond acceptors (Lipinski definition) is 6. The van der Waals surface area contributed by atoms with E-state index in [0.29, 0.717) is 11.1 Å². The van der Waals surface area contributed by atoms with E-state index in [1.807, 2.05) is 42.5 Å². The molecule has 0 N–H and O–H groups in total. The fourth-order valence-electron chi connectivity index (χ4n) is 2.24. The first kappa shape index (κ1) is 19.9. The predicted octanol–water partition coefficient (Wildman–Crippen LogP) is 4.71. The number of ether oxygens (including phenoxy) is 1. The van der Waals surface area contributed by atoms with Crippen LogP contribution in [0.5, 0.6) is 5.75 Å². The van der Waals surface area contributed by atoms with Crippen LogP contribution < -0.4 is 4.52 Å². The summed E-state index contributed by atoms with van der Waals surface area (Å²) < 4.78 is 32.8. The lowest BCUT2D eigenvalue weighted by Crippen LogP contribution is -2.01. The molecule has 0 unspecified atom stereocenters. The molecule has 0 bridgehead atoms. The molecule has 0 saturated carbocycles. The number of hydrogen-bond donors (Lipinski definition) is 0. The number of carbonyl (C=O) groups is 1. The fraction of sp³-hybridized carbons (Fsp3) is 0.211. The molecule has 0 saturated heterocycles. The van der Waals surface area contributed by atoms with Crippen LogP contribution in [0.2, 0.25) is 0 Å². The number of phosphoric acid groups is 1. The SMILES string of the molecule is CCOC(=O)/C=C/c1cccc(-c2ccccc2)c1OP(=O)(OC)OC. The minimum Gasteiger partial charge on any atom is -0.463 e. The number of esters is 1. The Morgan fingerprint density at radius 3 is 2.35 bits per heavy atom. The third-order valence-electron chi connectivity index (χ3n) is 3.47. The summed E-state index contributed by atoms with van der Waals surface area (Å²) in [6, 6.07) is 14.8. The summed E-state index contributed by atoms with van der Waals surface area (Å²) in [7, 11) is -1.31. The molecule has 0 fully saturated rings. The normalized spacial score (nSPS) is 11.5. The molecule has 0 aliphatic rings. The first-order valence-electron chi connectivity index (χ1n) is 7.97. The Balaban J connectivity index is 2.54. The Morgan fingerprint density at radius 1 is 1.04 bits per heavy atom. The zero-order chi connectivity index (χ0) is 19.0. The minimum atomic E-state index is -3.79. The van der Waals surface area contributed by atoms with E-state index in [1.165, 1.54) is 26.4 Å². The molecule has 2 aromatic rings. The van der Waals surface area contributed by atoms with Crippen LogP contribution in [0.4, 0.5) is 0 Å². The Labute approximate surface area is 153 Å². The lowest BCUT2D eigenvalue weighted by Gasteiger charge is -2.19. The van der Waals surface area contributed by atoms with Gasteiger partial charge < -0.3 is 9.26 Å². The van der Waals surface area contributed by atoms with Gasteiger partial charge in [-0.1, -0.05) is 48.5 Å². The highest BCUT2D eigenvalue weighted by molar-refractivity contribution is 7.48. The van der Waals surface area contributed by atoms with Gasteiger partial charge in [-0.25, -0.2) is 9.36 Å². The molecular weight excluding hydrogens is 355 g/mol. The lowest BCUT2D eigenvalue weighted by molar-refractivity contribution is -0.137. The van der Waals surface area contributed by atoms with Crippen LogP contribution in [0.15, 0.2) is 54.6 Å². The molecular formula is C19H21O6P. The zero-order valence-electron chi connectivity index (χ0n) is 14.9. The second-order valence-electron chi connectivity index (χ2n) is 5.08. The first-order valence-corrected chi connectivity index (χ1v) is 9.43. The highest BCUT2D eigenvalue weighted by atomic mass is 31.2. The van der Waals surface area contributed by atoms with Crippen molar-refractivity contribution >= 4 is 19.9 Å². The van der Waals surface area contributed by atoms with Crippen molar-refractivity contribution in [1.82, 2.24) is 0 Å². The van der Waals surface area contributed by atoms with Gasteiger partial charge in [0.1, 0.15) is 5.75 Å². The summed E-state index contributed by atoms with van der Waals surface area (Å²) in [6.07, 6.45) is 2.82. The van der Waals surface area contributed by atoms with Crippen LogP contribution in [-0.4, -0.2) is 26.8 Å². The maximum Gasteiger partial charge on any atom is 0.529 e. The van der Waals surface area contributed by atoms with Crippen molar-refractivity contribution in [3.8, 4) is 16.9 Å². The topological polar surface area (TPSA) is 71.1 Å². The molecule has 0 radical (unpaired) electrons. The van der Waals surface area contributed by atoms with Crippen molar-refractivity contribution in [2.45, 2.75) is 6.92 Å². The lowest BCUT2D eigenvalue weighted by atomic mass is 10.0. The molecule has 138 valence electrons. The van der Waals surface area contributed by atoms with Crippen molar-refractivity contribution in [1.29, 1.82) is 0 Å². The van der Waals surface area contributed by atoms with Crippen LogP contribution >= 0.6 is 7.82 Å². The third kappa shape index (κ3) is 5.05. The van der Waals surface area contributed by atoms with E-state index in [1.54, 1.807) is 13.0 Å². The Hall–Kier alpha value is -2.40. The van der Waals surface area contributed by atoms with Crippen LogP contribution in [0.3, 0.4) is 0 Å². The van der Waals surface area contributed by atoms with E-state index in [9.17, 15) is 9.36 Å². The summed E-state index contributed by atoms with van der Waals surface area (Å²) >= 11 is 0. The van der Waals surface area contributed by atoms with E-state index in [0.717, 1.165) is 5.56 Å². The van der Waals surface area contributed by atoms with Gasteiger partial charge in [-0.05, 0) is 18.6 Å². The van der Waals surface area contributed by atoms with Gasteiger partial charge in [0.2, 0.25) is 0 Å². The molecule has 2 rings (SSSR count). The molecule has 0 aromatic heterocycles. The van der Waals surface area contributed by atoms with Gasteiger partial charge in [-0.15, -0.1) is 0 Å². The van der Waals surface area contributed by atoms with E-state index >= 15 is 0 Å². The Morgan fingerprint density at radius 2 is 1.73 bits per heavy atom. The molecule has 0 atom stereocenters. The Bertz CT molecular complexity index is 808. The van der Waals surface area contributed by atoms with Gasteiger partial charge >= 0.3 is 13.8 Å². The molecule has 6 nitrogen and oxygen atoms in total. The minimum absolute atomic E-state index is 0.277. The highest BCUT2D eigenvalue weighted by Gasteiger charge is 2.27. The largest absolute Gasteiger partial charge is 0.529 e. The molecule has 0 amide bonds. The highest BCUT2D eigenvalue weighted by Crippen LogP contribution is 2.51. The van der Waals surface area contributed by atoms with Gasteiger partial charge in [0.25, 0.3) is 0 Å².